The van der Waals surface area contributed by atoms with Gasteiger partial charge in [0.05, 0.1) is 22.2 Å². The van der Waals surface area contributed by atoms with E-state index < -0.39 is 26.7 Å². The fourth-order valence-electron chi connectivity index (χ4n) is 3.84. The summed E-state index contributed by atoms with van der Waals surface area (Å²) in [6.07, 6.45) is 0.432. The van der Waals surface area contributed by atoms with Gasteiger partial charge in [-0.25, -0.2) is 0 Å². The molecule has 0 fully saturated rings. The second kappa shape index (κ2) is 11.6. The molecule has 1 amide bonds. The number of phenols is 1. The molecule has 0 aliphatic rings. The van der Waals surface area contributed by atoms with Gasteiger partial charge in [0.15, 0.2) is 5.75 Å². The Kier molecular flexibility index (Phi) is 8.41. The lowest BCUT2D eigenvalue weighted by Gasteiger charge is -2.13. The topological polar surface area (TPSA) is 138 Å². The Morgan fingerprint density at radius 2 is 1.77 bits per heavy atom. The molecule has 0 saturated heterocycles. The Morgan fingerprint density at radius 3 is 2.46 bits per heavy atom. The summed E-state index contributed by atoms with van der Waals surface area (Å²) in [6, 6.07) is 15.9. The van der Waals surface area contributed by atoms with Crippen molar-refractivity contribution in [3.05, 3.63) is 81.8 Å². The van der Waals surface area contributed by atoms with Crippen LogP contribution in [0.15, 0.2) is 75.8 Å². The lowest BCUT2D eigenvalue weighted by Crippen LogP contribution is -2.12. The predicted octanol–water partition coefficient (Wildman–Crippen LogP) is 7.73. The third-order valence-electron chi connectivity index (χ3n) is 5.75. The molecule has 39 heavy (non-hydrogen) atoms. The van der Waals surface area contributed by atoms with Gasteiger partial charge in [-0.1, -0.05) is 54.4 Å². The third-order valence-corrected chi connectivity index (χ3v) is 7.45. The molecule has 9 nitrogen and oxygen atoms in total. The van der Waals surface area contributed by atoms with E-state index in [-0.39, 0.29) is 22.0 Å². The first-order valence-corrected chi connectivity index (χ1v) is 13.9. The maximum absolute atomic E-state index is 13.2. The van der Waals surface area contributed by atoms with Gasteiger partial charge in [0.25, 0.3) is 16.0 Å². The molecule has 0 unspecified atom stereocenters. The summed E-state index contributed by atoms with van der Waals surface area (Å²) in [5, 5.41) is 23.2. The number of nitrogens with one attached hydrogen (secondary N) is 1. The van der Waals surface area contributed by atoms with Crippen LogP contribution in [0.4, 0.5) is 17.1 Å². The maximum Gasteiger partial charge on any atom is 0.296 e. The minimum absolute atomic E-state index is 0.0317. The number of carbonyl (C=O) groups is 1. The van der Waals surface area contributed by atoms with Gasteiger partial charge in [0.2, 0.25) is 0 Å². The predicted molar refractivity (Wildman–Crippen MR) is 151 cm³/mol. The van der Waals surface area contributed by atoms with Crippen LogP contribution in [0.1, 0.15) is 29.8 Å². The molecule has 0 atom stereocenters. The van der Waals surface area contributed by atoms with Gasteiger partial charge in [-0.15, -0.1) is 10.2 Å². The number of hydrogen-bond acceptors (Lipinski definition) is 7. The van der Waals surface area contributed by atoms with E-state index in [1.807, 2.05) is 0 Å². The fourth-order valence-corrected chi connectivity index (χ4v) is 5.09. The van der Waals surface area contributed by atoms with Gasteiger partial charge in [0, 0.05) is 17.1 Å². The minimum Gasteiger partial charge on any atom is -0.505 e. The number of nitrogens with zero attached hydrogens (tertiary/aromatic N) is 2. The summed E-state index contributed by atoms with van der Waals surface area (Å²) >= 11 is 12.4. The summed E-state index contributed by atoms with van der Waals surface area (Å²) in [7, 11) is -4.62. The van der Waals surface area contributed by atoms with Crippen molar-refractivity contribution in [3.8, 4) is 11.5 Å². The van der Waals surface area contributed by atoms with Crippen molar-refractivity contribution in [1.82, 2.24) is 0 Å². The molecule has 0 aliphatic heterocycles. The SMILES string of the molecule is CCOc1cc(NC(=O)c2cc3ccccc3c(N=Nc3cc(CC)cc(S(=O)(=O)O)c3Cl)c2O)ccc1Cl. The number of ether oxygens (including phenoxy) is 1. The summed E-state index contributed by atoms with van der Waals surface area (Å²) < 4.78 is 38.7. The van der Waals surface area contributed by atoms with Crippen molar-refractivity contribution < 1.29 is 27.6 Å². The van der Waals surface area contributed by atoms with Crippen LogP contribution >= 0.6 is 23.2 Å². The zero-order valence-electron chi connectivity index (χ0n) is 20.8. The number of halogens is 2. The first-order valence-electron chi connectivity index (χ1n) is 11.7. The highest BCUT2D eigenvalue weighted by atomic mass is 35.5. The van der Waals surface area contributed by atoms with Crippen LogP contribution in [0.5, 0.6) is 11.5 Å². The summed E-state index contributed by atoms with van der Waals surface area (Å²) in [5.41, 5.74) is 0.784. The summed E-state index contributed by atoms with van der Waals surface area (Å²) in [4.78, 5) is 12.7. The molecule has 12 heteroatoms. The zero-order valence-corrected chi connectivity index (χ0v) is 23.1. The smallest absolute Gasteiger partial charge is 0.296 e. The number of aryl methyl sites for hydroxylation is 1. The maximum atomic E-state index is 13.2. The van der Waals surface area contributed by atoms with E-state index in [1.54, 1.807) is 56.3 Å². The Bertz CT molecular complexity index is 1720. The Balaban J connectivity index is 1.80. The van der Waals surface area contributed by atoms with Crippen LogP contribution in [0.2, 0.25) is 10.0 Å². The van der Waals surface area contributed by atoms with Gasteiger partial charge in [-0.2, -0.15) is 8.42 Å². The number of benzene rings is 4. The molecular formula is C27H23Cl2N3O6S. The molecule has 0 saturated carbocycles. The van der Waals surface area contributed by atoms with E-state index in [0.717, 1.165) is 0 Å². The Labute approximate surface area is 234 Å². The highest BCUT2D eigenvalue weighted by Crippen LogP contribution is 2.41. The quantitative estimate of drug-likeness (QED) is 0.142. The van der Waals surface area contributed by atoms with E-state index in [1.165, 1.54) is 18.2 Å². The van der Waals surface area contributed by atoms with Gasteiger partial charge in [-0.3, -0.25) is 9.35 Å². The average Bonchev–Trinajstić information content (AvgIpc) is 2.90. The van der Waals surface area contributed by atoms with E-state index in [9.17, 15) is 22.9 Å². The lowest BCUT2D eigenvalue weighted by molar-refractivity contribution is 0.102. The number of carbonyl (C=O) groups excluding carboxylic acids is 1. The normalized spacial score (nSPS) is 11.7. The van der Waals surface area contributed by atoms with Crippen LogP contribution < -0.4 is 10.1 Å². The third kappa shape index (κ3) is 6.15. The number of azo groups is 1. The molecule has 0 aromatic heterocycles. The van der Waals surface area contributed by atoms with Crippen molar-refractivity contribution in [2.75, 3.05) is 11.9 Å². The molecule has 0 radical (unpaired) electrons. The van der Waals surface area contributed by atoms with Gasteiger partial charge >= 0.3 is 0 Å². The molecule has 4 rings (SSSR count). The second-order valence-electron chi connectivity index (χ2n) is 8.33. The van der Waals surface area contributed by atoms with E-state index in [2.05, 4.69) is 15.5 Å². The fraction of sp³-hybridized carbons (Fsp3) is 0.148. The lowest BCUT2D eigenvalue weighted by atomic mass is 10.0. The highest BCUT2D eigenvalue weighted by Gasteiger charge is 2.21. The number of fused-ring (bicyclic) bond motifs is 1. The molecule has 0 bridgehead atoms. The number of aromatic hydroxyl groups is 1. The first kappa shape index (κ1) is 28.3. The van der Waals surface area contributed by atoms with Crippen molar-refractivity contribution in [2.24, 2.45) is 10.2 Å². The molecule has 4 aromatic rings. The van der Waals surface area contributed by atoms with Crippen molar-refractivity contribution in [2.45, 2.75) is 25.2 Å². The van der Waals surface area contributed by atoms with Crippen LogP contribution in [-0.4, -0.2) is 30.6 Å². The van der Waals surface area contributed by atoms with Crippen molar-refractivity contribution in [1.29, 1.82) is 0 Å². The van der Waals surface area contributed by atoms with E-state index >= 15 is 0 Å². The monoisotopic (exact) mass is 587 g/mol. The standard InChI is InChI=1S/C27H23Cl2N3O6S/c1-3-15-11-21(24(29)23(12-15)39(35,36)37)31-32-25-18-8-6-5-7-16(18)13-19(26(25)33)27(34)30-17-9-10-20(28)22(14-17)38-4-2/h5-14,33H,3-4H2,1-2H3,(H,30,34)(H,35,36,37). The second-order valence-corrected chi connectivity index (χ2v) is 10.5. The Morgan fingerprint density at radius 1 is 1.03 bits per heavy atom. The molecule has 4 aromatic carbocycles. The van der Waals surface area contributed by atoms with Gasteiger partial charge in [-0.05, 0) is 54.6 Å². The molecule has 202 valence electrons. The van der Waals surface area contributed by atoms with Gasteiger partial charge < -0.3 is 15.2 Å². The van der Waals surface area contributed by atoms with Crippen LogP contribution in [0.25, 0.3) is 10.8 Å². The zero-order chi connectivity index (χ0) is 28.3. The minimum atomic E-state index is -4.62. The van der Waals surface area contributed by atoms with Crippen LogP contribution in [0.3, 0.4) is 0 Å². The van der Waals surface area contributed by atoms with Crippen LogP contribution in [0, 0.1) is 0 Å². The number of hydrogen-bond donors (Lipinski definition) is 3. The molecule has 0 aliphatic carbocycles. The van der Waals surface area contributed by atoms with Crippen LogP contribution in [-0.2, 0) is 16.5 Å². The molecule has 0 heterocycles. The molecule has 0 spiro atoms. The number of anilines is 1. The molecular weight excluding hydrogens is 565 g/mol. The van der Waals surface area contributed by atoms with Crippen molar-refractivity contribution in [3.63, 3.8) is 0 Å². The molecule has 3 N–H and O–H groups in total. The number of rotatable bonds is 8. The Hall–Kier alpha value is -3.70. The highest BCUT2D eigenvalue weighted by molar-refractivity contribution is 7.86. The first-order chi connectivity index (χ1) is 18.5. The summed E-state index contributed by atoms with van der Waals surface area (Å²) in [6.45, 7) is 3.98. The largest absolute Gasteiger partial charge is 0.505 e. The average molecular weight is 588 g/mol. The number of phenolic OH excluding ortho intramolecular Hbond substituents is 1. The van der Waals surface area contributed by atoms with Crippen molar-refractivity contribution >= 4 is 67.1 Å². The summed E-state index contributed by atoms with van der Waals surface area (Å²) in [5.74, 6) is -0.685. The van der Waals surface area contributed by atoms with E-state index in [4.69, 9.17) is 27.9 Å². The van der Waals surface area contributed by atoms with Gasteiger partial charge in [0.1, 0.15) is 22.0 Å². The van der Waals surface area contributed by atoms with E-state index in [0.29, 0.717) is 45.8 Å². The number of amides is 1.